The molecule has 0 radical (unpaired) electrons. The van der Waals surface area contributed by atoms with Gasteiger partial charge in [-0.05, 0) is 45.2 Å². The van der Waals surface area contributed by atoms with Gasteiger partial charge in [0.25, 0.3) is 0 Å². The minimum absolute atomic E-state index is 0.0121. The normalized spacial score (nSPS) is 23.8. The number of Topliss-reactive ketones (excluding diaryl/α,β-unsaturated/α-hetero) is 1. The third-order valence-corrected chi connectivity index (χ3v) is 6.28. The van der Waals surface area contributed by atoms with Crippen molar-refractivity contribution in [2.24, 2.45) is 11.8 Å². The molecule has 0 saturated carbocycles. The number of ketones is 1. The van der Waals surface area contributed by atoms with E-state index in [4.69, 9.17) is 9.47 Å². The summed E-state index contributed by atoms with van der Waals surface area (Å²) in [5, 5.41) is 5.77. The van der Waals surface area contributed by atoms with E-state index in [1.54, 1.807) is 4.90 Å². The molecule has 2 aliphatic rings. The van der Waals surface area contributed by atoms with Gasteiger partial charge in [0.2, 0.25) is 5.91 Å². The number of rotatable bonds is 10. The highest BCUT2D eigenvalue weighted by molar-refractivity contribution is 5.94. The highest BCUT2D eigenvalue weighted by atomic mass is 16.5. The zero-order valence-corrected chi connectivity index (χ0v) is 19.7. The monoisotopic (exact) mass is 440 g/mol. The van der Waals surface area contributed by atoms with Crippen molar-refractivity contribution in [1.82, 2.24) is 20.4 Å². The number of nitrogens with zero attached hydrogens (tertiary/aromatic N) is 2. The number of hydrogen-bond acceptors (Lipinski definition) is 6. The predicted molar refractivity (Wildman–Crippen MR) is 118 cm³/mol. The zero-order chi connectivity index (χ0) is 23.0. The Morgan fingerprint density at radius 1 is 1.16 bits per heavy atom. The van der Waals surface area contributed by atoms with Crippen LogP contribution in [0.5, 0.6) is 0 Å². The van der Waals surface area contributed by atoms with Gasteiger partial charge in [-0.2, -0.15) is 0 Å². The predicted octanol–water partition coefficient (Wildman–Crippen LogP) is 0.874. The van der Waals surface area contributed by atoms with Crippen molar-refractivity contribution in [1.29, 1.82) is 0 Å². The topological polar surface area (TPSA) is 100 Å². The number of urea groups is 1. The molecular formula is C22H40N4O5. The van der Waals surface area contributed by atoms with Gasteiger partial charge in [-0.25, -0.2) is 4.79 Å². The molecule has 2 fully saturated rings. The van der Waals surface area contributed by atoms with Crippen molar-refractivity contribution in [3.8, 4) is 0 Å². The third kappa shape index (κ3) is 8.05. The van der Waals surface area contributed by atoms with Gasteiger partial charge in [-0.3, -0.25) is 9.59 Å². The van der Waals surface area contributed by atoms with Gasteiger partial charge in [0.1, 0.15) is 18.7 Å². The lowest BCUT2D eigenvalue weighted by Crippen LogP contribution is -2.56. The Labute approximate surface area is 186 Å². The Morgan fingerprint density at radius 2 is 1.84 bits per heavy atom. The lowest BCUT2D eigenvalue weighted by Gasteiger charge is -2.30. The highest BCUT2D eigenvalue weighted by Gasteiger charge is 2.38. The molecule has 31 heavy (non-hydrogen) atoms. The summed E-state index contributed by atoms with van der Waals surface area (Å²) < 4.78 is 10.9. The Balaban J connectivity index is 2.02. The first-order valence-electron chi connectivity index (χ1n) is 11.4. The Hall–Kier alpha value is -1.71. The van der Waals surface area contributed by atoms with Crippen LogP contribution in [-0.2, 0) is 19.1 Å². The van der Waals surface area contributed by atoms with E-state index in [9.17, 15) is 14.4 Å². The van der Waals surface area contributed by atoms with Crippen LogP contribution in [0.1, 0.15) is 40.0 Å². The minimum Gasteiger partial charge on any atom is -0.378 e. The van der Waals surface area contributed by atoms with Crippen LogP contribution in [0.2, 0.25) is 0 Å². The summed E-state index contributed by atoms with van der Waals surface area (Å²) in [6.07, 6.45) is 1.63. The largest absolute Gasteiger partial charge is 0.378 e. The molecule has 2 saturated heterocycles. The van der Waals surface area contributed by atoms with Gasteiger partial charge in [-0.15, -0.1) is 0 Å². The first kappa shape index (κ1) is 25.5. The summed E-state index contributed by atoms with van der Waals surface area (Å²) in [6, 6.07) is -1.63. The van der Waals surface area contributed by atoms with Crippen LogP contribution in [0.3, 0.4) is 0 Å². The standard InChI is InChI=1S/C22H40N4O5/c1-15(2)16(3)6-7-17(23-22(29)26-10-12-30-13-11-26)21(28)24-20-18(27)14-31-19(20)8-9-25(4)5/h15-17,19-20H,6-14H2,1-5H3,(H,23,29)(H,24,28)/t16?,17-,19?,20?/m0/s1. The molecule has 2 rings (SSSR count). The van der Waals surface area contributed by atoms with Crippen molar-refractivity contribution < 1.29 is 23.9 Å². The molecule has 2 aliphatic heterocycles. The van der Waals surface area contributed by atoms with Gasteiger partial charge in [-0.1, -0.05) is 20.8 Å². The maximum absolute atomic E-state index is 13.1. The maximum Gasteiger partial charge on any atom is 0.318 e. The van der Waals surface area contributed by atoms with Gasteiger partial charge < -0.3 is 29.9 Å². The van der Waals surface area contributed by atoms with Crippen LogP contribution in [0.4, 0.5) is 4.79 Å². The third-order valence-electron chi connectivity index (χ3n) is 6.28. The Bertz CT molecular complexity index is 607. The summed E-state index contributed by atoms with van der Waals surface area (Å²) >= 11 is 0. The maximum atomic E-state index is 13.1. The van der Waals surface area contributed by atoms with Crippen LogP contribution in [0, 0.1) is 11.8 Å². The number of carbonyl (C=O) groups is 3. The van der Waals surface area contributed by atoms with Crippen LogP contribution in [0.15, 0.2) is 0 Å². The van der Waals surface area contributed by atoms with E-state index in [-0.39, 0.29) is 30.4 Å². The lowest BCUT2D eigenvalue weighted by molar-refractivity contribution is -0.127. The second-order valence-corrected chi connectivity index (χ2v) is 9.29. The van der Waals surface area contributed by atoms with E-state index >= 15 is 0 Å². The van der Waals surface area contributed by atoms with Gasteiger partial charge >= 0.3 is 6.03 Å². The lowest BCUT2D eigenvalue weighted by atomic mass is 9.91. The molecule has 3 amide bonds. The molecule has 0 bridgehead atoms. The molecule has 0 spiro atoms. The van der Waals surface area contributed by atoms with Crippen LogP contribution in [0.25, 0.3) is 0 Å². The molecule has 0 aromatic heterocycles. The van der Waals surface area contributed by atoms with E-state index in [0.717, 1.165) is 13.0 Å². The fraction of sp³-hybridized carbons (Fsp3) is 0.864. The second kappa shape index (κ2) is 12.4. The van der Waals surface area contributed by atoms with Crippen LogP contribution >= 0.6 is 0 Å². The van der Waals surface area contributed by atoms with Crippen molar-refractivity contribution in [2.75, 3.05) is 53.6 Å². The summed E-state index contributed by atoms with van der Waals surface area (Å²) in [7, 11) is 3.91. The van der Waals surface area contributed by atoms with Crippen LogP contribution < -0.4 is 10.6 Å². The van der Waals surface area contributed by atoms with E-state index in [2.05, 4.69) is 31.4 Å². The molecule has 9 nitrogen and oxygen atoms in total. The first-order chi connectivity index (χ1) is 14.7. The zero-order valence-electron chi connectivity index (χ0n) is 19.7. The fourth-order valence-electron chi connectivity index (χ4n) is 3.68. The highest BCUT2D eigenvalue weighted by Crippen LogP contribution is 2.19. The first-order valence-corrected chi connectivity index (χ1v) is 11.4. The molecule has 2 N–H and O–H groups in total. The summed E-state index contributed by atoms with van der Waals surface area (Å²) in [4.78, 5) is 41.9. The Kier molecular flexibility index (Phi) is 10.2. The number of morpholine rings is 1. The number of nitrogens with one attached hydrogen (secondary N) is 2. The van der Waals surface area contributed by atoms with E-state index < -0.39 is 12.1 Å². The number of hydrogen-bond donors (Lipinski definition) is 2. The minimum atomic E-state index is -0.695. The molecule has 0 aromatic rings. The van der Waals surface area contributed by atoms with Gasteiger partial charge in [0.05, 0.1) is 19.3 Å². The van der Waals surface area contributed by atoms with Crippen LogP contribution in [-0.4, -0.2) is 99.3 Å². The van der Waals surface area contributed by atoms with Crippen molar-refractivity contribution in [2.45, 2.75) is 58.2 Å². The van der Waals surface area contributed by atoms with Crippen molar-refractivity contribution >= 4 is 17.7 Å². The SMILES string of the molecule is CC(C)C(C)CC[C@H](NC(=O)N1CCOCC1)C(=O)NC1C(=O)COC1CCN(C)C. The number of ether oxygens (including phenoxy) is 2. The average molecular weight is 441 g/mol. The summed E-state index contributed by atoms with van der Waals surface area (Å²) in [6.45, 7) is 9.22. The van der Waals surface area contributed by atoms with E-state index in [0.29, 0.717) is 51.0 Å². The fourth-order valence-corrected chi connectivity index (χ4v) is 3.68. The average Bonchev–Trinajstić information content (AvgIpc) is 3.08. The summed E-state index contributed by atoms with van der Waals surface area (Å²) in [5.41, 5.74) is 0. The molecule has 0 aromatic carbocycles. The van der Waals surface area contributed by atoms with Gasteiger partial charge in [0, 0.05) is 19.6 Å². The molecule has 2 heterocycles. The van der Waals surface area contributed by atoms with Crippen molar-refractivity contribution in [3.63, 3.8) is 0 Å². The molecule has 0 aliphatic carbocycles. The molecule has 3 unspecified atom stereocenters. The van der Waals surface area contributed by atoms with E-state index in [1.807, 2.05) is 19.0 Å². The van der Waals surface area contributed by atoms with Crippen molar-refractivity contribution in [3.05, 3.63) is 0 Å². The second-order valence-electron chi connectivity index (χ2n) is 9.29. The number of amides is 3. The molecule has 4 atom stereocenters. The quantitative estimate of drug-likeness (QED) is 0.523. The Morgan fingerprint density at radius 3 is 2.45 bits per heavy atom. The molecule has 9 heteroatoms. The smallest absolute Gasteiger partial charge is 0.318 e. The molecule has 178 valence electrons. The molecular weight excluding hydrogens is 400 g/mol. The number of carbonyl (C=O) groups excluding carboxylic acids is 3. The van der Waals surface area contributed by atoms with E-state index in [1.165, 1.54) is 0 Å². The van der Waals surface area contributed by atoms with Gasteiger partial charge in [0.15, 0.2) is 5.78 Å². The summed E-state index contributed by atoms with van der Waals surface area (Å²) in [5.74, 6) is 0.459.